The molecule has 1 atom stereocenters. The van der Waals surface area contributed by atoms with Crippen LogP contribution in [0.5, 0.6) is 0 Å². The zero-order valence-corrected chi connectivity index (χ0v) is 5.27. The minimum absolute atomic E-state index is 0.359. The standard InChI is InChI=1S/C5H6F2O3/c1-5(6,7)3-2-9-4(8)10-3/h3H,2H2,1H3. The van der Waals surface area contributed by atoms with Crippen LogP contribution in [0.1, 0.15) is 6.92 Å². The van der Waals surface area contributed by atoms with Crippen molar-refractivity contribution in [3.63, 3.8) is 0 Å². The molecule has 0 spiro atoms. The summed E-state index contributed by atoms with van der Waals surface area (Å²) in [4.78, 5) is 10.1. The van der Waals surface area contributed by atoms with Crippen molar-refractivity contribution < 1.29 is 23.0 Å². The highest BCUT2D eigenvalue weighted by Crippen LogP contribution is 2.24. The SMILES string of the molecule is CC(F)(F)C1COC(=O)O1. The number of ether oxygens (including phenoxy) is 2. The number of carbonyl (C=O) groups is 1. The molecule has 10 heavy (non-hydrogen) atoms. The van der Waals surface area contributed by atoms with E-state index in [0.29, 0.717) is 6.92 Å². The van der Waals surface area contributed by atoms with Crippen molar-refractivity contribution in [2.75, 3.05) is 6.61 Å². The lowest BCUT2D eigenvalue weighted by atomic mass is 10.2. The highest BCUT2D eigenvalue weighted by Gasteiger charge is 2.42. The van der Waals surface area contributed by atoms with E-state index in [0.717, 1.165) is 0 Å². The van der Waals surface area contributed by atoms with Gasteiger partial charge in [0.2, 0.25) is 6.10 Å². The van der Waals surface area contributed by atoms with Gasteiger partial charge in [0, 0.05) is 6.92 Å². The first-order valence-electron chi connectivity index (χ1n) is 2.71. The van der Waals surface area contributed by atoms with Crippen LogP contribution in [0.15, 0.2) is 0 Å². The highest BCUT2D eigenvalue weighted by atomic mass is 19.3. The van der Waals surface area contributed by atoms with Gasteiger partial charge in [-0.25, -0.2) is 13.6 Å². The second-order valence-electron chi connectivity index (χ2n) is 2.12. The average molecular weight is 152 g/mol. The monoisotopic (exact) mass is 152 g/mol. The largest absolute Gasteiger partial charge is 0.509 e. The van der Waals surface area contributed by atoms with Gasteiger partial charge in [-0.15, -0.1) is 0 Å². The number of halogens is 2. The lowest BCUT2D eigenvalue weighted by Crippen LogP contribution is -2.31. The fourth-order valence-electron chi connectivity index (χ4n) is 0.578. The van der Waals surface area contributed by atoms with E-state index in [9.17, 15) is 13.6 Å². The van der Waals surface area contributed by atoms with E-state index in [1.165, 1.54) is 0 Å². The molecule has 0 amide bonds. The third kappa shape index (κ3) is 1.34. The van der Waals surface area contributed by atoms with Gasteiger partial charge in [-0.05, 0) is 0 Å². The van der Waals surface area contributed by atoms with Gasteiger partial charge >= 0.3 is 6.16 Å². The lowest BCUT2D eigenvalue weighted by Gasteiger charge is -2.13. The second kappa shape index (κ2) is 2.07. The molecule has 1 saturated heterocycles. The van der Waals surface area contributed by atoms with Crippen LogP contribution in [0.3, 0.4) is 0 Å². The van der Waals surface area contributed by atoms with Gasteiger partial charge in [-0.3, -0.25) is 0 Å². The molecule has 0 aromatic rings. The van der Waals surface area contributed by atoms with E-state index in [1.54, 1.807) is 0 Å². The Morgan fingerprint density at radius 2 is 2.30 bits per heavy atom. The fourth-order valence-corrected chi connectivity index (χ4v) is 0.578. The lowest BCUT2D eigenvalue weighted by molar-refractivity contribution is -0.0786. The molecule has 0 aromatic carbocycles. The van der Waals surface area contributed by atoms with Crippen molar-refractivity contribution >= 4 is 6.16 Å². The molecule has 0 radical (unpaired) electrons. The van der Waals surface area contributed by atoms with Gasteiger partial charge in [0.1, 0.15) is 6.61 Å². The molecule has 1 fully saturated rings. The Labute approximate surface area is 55.9 Å². The Morgan fingerprint density at radius 3 is 2.50 bits per heavy atom. The van der Waals surface area contributed by atoms with Crippen LogP contribution in [-0.4, -0.2) is 24.8 Å². The Bertz CT molecular complexity index is 151. The number of hydrogen-bond acceptors (Lipinski definition) is 3. The van der Waals surface area contributed by atoms with Crippen LogP contribution in [-0.2, 0) is 9.47 Å². The average Bonchev–Trinajstić information content (AvgIpc) is 2.11. The summed E-state index contributed by atoms with van der Waals surface area (Å²) in [5, 5.41) is 0. The maximum absolute atomic E-state index is 12.2. The van der Waals surface area contributed by atoms with Gasteiger partial charge in [-0.2, -0.15) is 0 Å². The minimum Gasteiger partial charge on any atom is -0.430 e. The maximum Gasteiger partial charge on any atom is 0.509 e. The summed E-state index contributed by atoms with van der Waals surface area (Å²) in [5.41, 5.74) is 0. The van der Waals surface area contributed by atoms with Crippen LogP contribution in [0.25, 0.3) is 0 Å². The molecule has 1 aliphatic rings. The molecule has 1 unspecified atom stereocenters. The summed E-state index contributed by atoms with van der Waals surface area (Å²) in [6.45, 7) is 0.321. The zero-order valence-electron chi connectivity index (χ0n) is 5.27. The molecular weight excluding hydrogens is 146 g/mol. The fraction of sp³-hybridized carbons (Fsp3) is 0.800. The van der Waals surface area contributed by atoms with Crippen LogP contribution in [0.2, 0.25) is 0 Å². The van der Waals surface area contributed by atoms with Crippen molar-refractivity contribution in [3.8, 4) is 0 Å². The zero-order chi connectivity index (χ0) is 7.78. The van der Waals surface area contributed by atoms with Crippen LogP contribution in [0.4, 0.5) is 13.6 Å². The molecule has 0 saturated carbocycles. The third-order valence-corrected chi connectivity index (χ3v) is 1.16. The Kier molecular flexibility index (Phi) is 1.50. The van der Waals surface area contributed by atoms with E-state index in [-0.39, 0.29) is 6.61 Å². The molecule has 0 N–H and O–H groups in total. The molecule has 0 aliphatic carbocycles. The van der Waals surface area contributed by atoms with Gasteiger partial charge in [0.05, 0.1) is 0 Å². The normalized spacial score (nSPS) is 25.9. The van der Waals surface area contributed by atoms with Crippen molar-refractivity contribution in [2.24, 2.45) is 0 Å². The summed E-state index contributed by atoms with van der Waals surface area (Å²) < 4.78 is 32.8. The van der Waals surface area contributed by atoms with E-state index in [1.807, 2.05) is 0 Å². The van der Waals surface area contributed by atoms with Gasteiger partial charge in [0.25, 0.3) is 5.92 Å². The smallest absolute Gasteiger partial charge is 0.430 e. The third-order valence-electron chi connectivity index (χ3n) is 1.16. The van der Waals surface area contributed by atoms with Crippen LogP contribution >= 0.6 is 0 Å². The minimum atomic E-state index is -3.01. The summed E-state index contributed by atoms with van der Waals surface area (Å²) in [5.74, 6) is -3.01. The number of carbonyl (C=O) groups excluding carboxylic acids is 1. The molecule has 3 nitrogen and oxygen atoms in total. The van der Waals surface area contributed by atoms with E-state index in [2.05, 4.69) is 9.47 Å². The molecule has 1 rings (SSSR count). The number of cyclic esters (lactones) is 2. The van der Waals surface area contributed by atoms with E-state index in [4.69, 9.17) is 0 Å². The first-order valence-corrected chi connectivity index (χ1v) is 2.71. The molecule has 1 aliphatic heterocycles. The molecule has 1 heterocycles. The Balaban J connectivity index is 2.53. The first-order chi connectivity index (χ1) is 4.50. The summed E-state index contributed by atoms with van der Waals surface area (Å²) in [6.07, 6.45) is -2.44. The van der Waals surface area contributed by atoms with Gasteiger partial charge < -0.3 is 9.47 Å². The summed E-state index contributed by atoms with van der Waals surface area (Å²) in [6, 6.07) is 0. The van der Waals surface area contributed by atoms with Gasteiger partial charge in [-0.1, -0.05) is 0 Å². The summed E-state index contributed by atoms with van der Waals surface area (Å²) in [7, 11) is 0. The molecule has 0 aromatic heterocycles. The summed E-state index contributed by atoms with van der Waals surface area (Å²) >= 11 is 0. The van der Waals surface area contributed by atoms with E-state index >= 15 is 0 Å². The Hall–Kier alpha value is -0.870. The number of rotatable bonds is 1. The van der Waals surface area contributed by atoms with Gasteiger partial charge in [0.15, 0.2) is 0 Å². The number of hydrogen-bond donors (Lipinski definition) is 0. The van der Waals surface area contributed by atoms with Crippen LogP contribution in [0, 0.1) is 0 Å². The number of alkyl halides is 2. The molecule has 5 heteroatoms. The second-order valence-corrected chi connectivity index (χ2v) is 2.12. The quantitative estimate of drug-likeness (QED) is 0.529. The van der Waals surface area contributed by atoms with Crippen molar-refractivity contribution in [1.29, 1.82) is 0 Å². The first kappa shape index (κ1) is 7.24. The van der Waals surface area contributed by atoms with Crippen molar-refractivity contribution in [2.45, 2.75) is 19.0 Å². The van der Waals surface area contributed by atoms with Crippen molar-refractivity contribution in [1.82, 2.24) is 0 Å². The van der Waals surface area contributed by atoms with E-state index < -0.39 is 18.2 Å². The Morgan fingerprint density at radius 1 is 1.70 bits per heavy atom. The molecule has 58 valence electrons. The molecule has 0 bridgehead atoms. The predicted octanol–water partition coefficient (Wildman–Crippen LogP) is 1.18. The van der Waals surface area contributed by atoms with Crippen LogP contribution < -0.4 is 0 Å². The predicted molar refractivity (Wildman–Crippen MR) is 26.8 cm³/mol. The maximum atomic E-state index is 12.2. The topological polar surface area (TPSA) is 35.5 Å². The van der Waals surface area contributed by atoms with Crippen molar-refractivity contribution in [3.05, 3.63) is 0 Å². The highest BCUT2D eigenvalue weighted by molar-refractivity contribution is 5.62. The molecular formula is C5H6F2O3.